The number of nitrogens with zero attached hydrogens (tertiary/aromatic N) is 4. The van der Waals surface area contributed by atoms with Crippen LogP contribution in [0.1, 0.15) is 15.9 Å². The Balaban J connectivity index is 1.70. The zero-order valence-electron chi connectivity index (χ0n) is 17.1. The molecule has 0 aliphatic heterocycles. The Kier molecular flexibility index (Phi) is 5.42. The molecule has 8 nitrogen and oxygen atoms in total. The third-order valence-corrected chi connectivity index (χ3v) is 5.31. The summed E-state index contributed by atoms with van der Waals surface area (Å²) in [5.41, 5.74) is 2.01. The van der Waals surface area contributed by atoms with Gasteiger partial charge < -0.3 is 9.73 Å². The van der Waals surface area contributed by atoms with Crippen LogP contribution in [0.2, 0.25) is 5.15 Å². The lowest BCUT2D eigenvalue weighted by atomic mass is 10.1. The Morgan fingerprint density at radius 3 is 2.58 bits per heavy atom. The molecule has 1 amide bonds. The van der Waals surface area contributed by atoms with Gasteiger partial charge in [-0.15, -0.1) is 0 Å². The van der Waals surface area contributed by atoms with Gasteiger partial charge in [-0.1, -0.05) is 29.8 Å². The molecule has 0 aliphatic rings. The van der Waals surface area contributed by atoms with Crippen molar-refractivity contribution in [2.75, 3.05) is 0 Å². The lowest BCUT2D eigenvalue weighted by molar-refractivity contribution is 0.0950. The van der Waals surface area contributed by atoms with Crippen LogP contribution >= 0.6 is 11.6 Å². The van der Waals surface area contributed by atoms with Crippen LogP contribution in [0.3, 0.4) is 0 Å². The molecular formula is C24H16ClN5O3. The third kappa shape index (κ3) is 3.88. The molecular weight excluding hydrogens is 442 g/mol. The summed E-state index contributed by atoms with van der Waals surface area (Å²) in [5, 5.41) is 3.49. The van der Waals surface area contributed by atoms with Crippen LogP contribution in [0.15, 0.2) is 88.7 Å². The zero-order valence-corrected chi connectivity index (χ0v) is 17.9. The summed E-state index contributed by atoms with van der Waals surface area (Å²) in [6.45, 7) is -0.0598. The summed E-state index contributed by atoms with van der Waals surface area (Å²) in [5.74, 6) is -0.157. The Bertz CT molecular complexity index is 1500. The molecule has 1 N–H and O–H groups in total. The monoisotopic (exact) mass is 457 g/mol. The number of hydrogen-bond donors (Lipinski definition) is 1. The number of amides is 1. The van der Waals surface area contributed by atoms with E-state index in [1.807, 2.05) is 34.9 Å². The molecule has 4 heterocycles. The van der Waals surface area contributed by atoms with Crippen LogP contribution in [0, 0.1) is 0 Å². The summed E-state index contributed by atoms with van der Waals surface area (Å²) < 4.78 is 7.41. The number of halogens is 1. The van der Waals surface area contributed by atoms with Gasteiger partial charge in [-0.25, -0.2) is 15.0 Å². The lowest BCUT2D eigenvalue weighted by Gasteiger charge is -2.18. The highest BCUT2D eigenvalue weighted by Crippen LogP contribution is 2.28. The highest BCUT2D eigenvalue weighted by Gasteiger charge is 2.23. The van der Waals surface area contributed by atoms with E-state index in [9.17, 15) is 9.59 Å². The van der Waals surface area contributed by atoms with E-state index in [-0.39, 0.29) is 23.0 Å². The van der Waals surface area contributed by atoms with E-state index < -0.39 is 5.91 Å². The van der Waals surface area contributed by atoms with Gasteiger partial charge >= 0.3 is 0 Å². The molecule has 5 aromatic rings. The van der Waals surface area contributed by atoms with Gasteiger partial charge in [0.2, 0.25) is 5.89 Å². The van der Waals surface area contributed by atoms with Crippen molar-refractivity contribution < 1.29 is 9.21 Å². The molecule has 33 heavy (non-hydrogen) atoms. The number of carbonyl (C=O) groups excluding carboxylic acids is 1. The van der Waals surface area contributed by atoms with Crippen molar-refractivity contribution in [3.63, 3.8) is 0 Å². The molecule has 1 aromatic carbocycles. The molecule has 0 atom stereocenters. The summed E-state index contributed by atoms with van der Waals surface area (Å²) in [7, 11) is 0. The van der Waals surface area contributed by atoms with Crippen molar-refractivity contribution in [1.82, 2.24) is 24.8 Å². The number of aromatic nitrogens is 4. The molecule has 9 heteroatoms. The maximum absolute atomic E-state index is 13.5. The molecule has 4 aromatic heterocycles. The van der Waals surface area contributed by atoms with Crippen LogP contribution in [-0.2, 0) is 6.54 Å². The van der Waals surface area contributed by atoms with Gasteiger partial charge in [0.05, 0.1) is 17.1 Å². The van der Waals surface area contributed by atoms with Crippen molar-refractivity contribution >= 4 is 28.5 Å². The van der Waals surface area contributed by atoms with Crippen LogP contribution < -0.4 is 10.7 Å². The Morgan fingerprint density at radius 1 is 1.00 bits per heavy atom. The second-order valence-electron chi connectivity index (χ2n) is 7.09. The fourth-order valence-corrected chi connectivity index (χ4v) is 3.71. The molecule has 0 aliphatic carbocycles. The second kappa shape index (κ2) is 8.68. The van der Waals surface area contributed by atoms with Crippen molar-refractivity contribution in [3.05, 3.63) is 106 Å². The maximum Gasteiger partial charge on any atom is 0.253 e. The van der Waals surface area contributed by atoms with Gasteiger partial charge in [0, 0.05) is 30.2 Å². The average molecular weight is 458 g/mol. The number of carbonyl (C=O) groups is 1. The first-order valence-corrected chi connectivity index (χ1v) is 10.4. The molecule has 0 saturated carbocycles. The summed E-state index contributed by atoms with van der Waals surface area (Å²) >= 11 is 5.81. The highest BCUT2D eigenvalue weighted by atomic mass is 35.5. The maximum atomic E-state index is 13.5. The minimum absolute atomic E-state index is 0.0598. The third-order valence-electron chi connectivity index (χ3n) is 5.09. The molecule has 0 spiro atoms. The number of fused-ring (bicyclic) bond motifs is 1. The Morgan fingerprint density at radius 2 is 1.85 bits per heavy atom. The predicted molar refractivity (Wildman–Crippen MR) is 123 cm³/mol. The SMILES string of the molecule is O=C(NCc1c(-c2ncco2)n(-c2ccccc2)c2ncccc2c1=O)c1ccc(Cl)nc1. The zero-order chi connectivity index (χ0) is 22.8. The average Bonchev–Trinajstić information content (AvgIpc) is 3.39. The topological polar surface area (TPSA) is 103 Å². The molecule has 5 rings (SSSR count). The standard InChI is InChI=1S/C24H16ClN5O3/c25-19-9-8-15(13-28-19)23(32)29-14-18-20(24-27-11-12-33-24)30(16-5-2-1-3-6-16)22-17(21(18)31)7-4-10-26-22/h1-13H,14H2,(H,29,32). The summed E-state index contributed by atoms with van der Waals surface area (Å²) in [6.07, 6.45) is 5.92. The first-order valence-electron chi connectivity index (χ1n) is 10.0. The van der Waals surface area contributed by atoms with Crippen LogP contribution in [-0.4, -0.2) is 25.4 Å². The predicted octanol–water partition coefficient (Wildman–Crippen LogP) is 4.02. The lowest BCUT2D eigenvalue weighted by Crippen LogP contribution is -2.28. The molecule has 162 valence electrons. The first kappa shape index (κ1) is 20.6. The number of hydrogen-bond acceptors (Lipinski definition) is 6. The number of para-hydroxylation sites is 1. The fourth-order valence-electron chi connectivity index (χ4n) is 3.60. The van der Waals surface area contributed by atoms with E-state index in [0.29, 0.717) is 27.9 Å². The summed E-state index contributed by atoms with van der Waals surface area (Å²) in [4.78, 5) is 38.9. The van der Waals surface area contributed by atoms with Gasteiger partial charge in [0.25, 0.3) is 5.91 Å². The van der Waals surface area contributed by atoms with Crippen LogP contribution in [0.25, 0.3) is 28.3 Å². The number of nitrogens with one attached hydrogen (secondary N) is 1. The number of benzene rings is 1. The minimum atomic E-state index is -0.394. The highest BCUT2D eigenvalue weighted by molar-refractivity contribution is 6.29. The molecule has 0 bridgehead atoms. The van der Waals surface area contributed by atoms with E-state index in [1.54, 1.807) is 24.4 Å². The van der Waals surface area contributed by atoms with E-state index in [4.69, 9.17) is 16.0 Å². The fraction of sp³-hybridized carbons (Fsp3) is 0.0417. The van der Waals surface area contributed by atoms with Crippen molar-refractivity contribution in [2.45, 2.75) is 6.54 Å². The summed E-state index contributed by atoms with van der Waals surface area (Å²) in [6, 6.07) is 16.0. The van der Waals surface area contributed by atoms with E-state index in [2.05, 4.69) is 20.3 Å². The molecule has 0 saturated heterocycles. The largest absolute Gasteiger partial charge is 0.443 e. The van der Waals surface area contributed by atoms with Crippen molar-refractivity contribution in [3.8, 4) is 17.3 Å². The minimum Gasteiger partial charge on any atom is -0.443 e. The Hall–Kier alpha value is -4.30. The number of rotatable bonds is 5. The normalized spacial score (nSPS) is 10.9. The van der Waals surface area contributed by atoms with Crippen LogP contribution in [0.5, 0.6) is 0 Å². The van der Waals surface area contributed by atoms with Crippen LogP contribution in [0.4, 0.5) is 0 Å². The quantitative estimate of drug-likeness (QED) is 0.400. The van der Waals surface area contributed by atoms with Gasteiger partial charge in [-0.2, -0.15) is 0 Å². The van der Waals surface area contributed by atoms with E-state index in [0.717, 1.165) is 5.69 Å². The first-order chi connectivity index (χ1) is 16.1. The number of pyridine rings is 3. The van der Waals surface area contributed by atoms with Crippen molar-refractivity contribution in [2.24, 2.45) is 0 Å². The van der Waals surface area contributed by atoms with Gasteiger partial charge in [-0.05, 0) is 36.4 Å². The van der Waals surface area contributed by atoms with E-state index >= 15 is 0 Å². The molecule has 0 radical (unpaired) electrons. The number of oxazole rings is 1. The molecule has 0 unspecified atom stereocenters. The Labute approximate surface area is 192 Å². The van der Waals surface area contributed by atoms with E-state index in [1.165, 1.54) is 24.7 Å². The van der Waals surface area contributed by atoms with Gasteiger partial charge in [-0.3, -0.25) is 14.2 Å². The second-order valence-corrected chi connectivity index (χ2v) is 7.48. The van der Waals surface area contributed by atoms with Crippen molar-refractivity contribution in [1.29, 1.82) is 0 Å². The van der Waals surface area contributed by atoms with Gasteiger partial charge in [0.1, 0.15) is 22.8 Å². The molecule has 0 fully saturated rings. The smallest absolute Gasteiger partial charge is 0.253 e. The van der Waals surface area contributed by atoms with Gasteiger partial charge in [0.15, 0.2) is 5.43 Å².